The maximum absolute atomic E-state index is 3.69. The fraction of sp³-hybridized carbons (Fsp3) is 1.00. The van der Waals surface area contributed by atoms with Crippen LogP contribution < -0.4 is 5.32 Å². The molecule has 1 fully saturated rings. The van der Waals surface area contributed by atoms with Crippen molar-refractivity contribution in [3.8, 4) is 0 Å². The van der Waals surface area contributed by atoms with E-state index in [0.717, 1.165) is 6.54 Å². The van der Waals surface area contributed by atoms with Crippen molar-refractivity contribution in [3.63, 3.8) is 0 Å². The van der Waals surface area contributed by atoms with Gasteiger partial charge < -0.3 is 5.32 Å². The Hall–Kier alpha value is -0.0800. The van der Waals surface area contributed by atoms with Gasteiger partial charge in [0.25, 0.3) is 0 Å². The van der Waals surface area contributed by atoms with E-state index in [1.54, 1.807) is 0 Å². The molecule has 0 spiro atoms. The van der Waals surface area contributed by atoms with Crippen molar-refractivity contribution in [2.45, 2.75) is 65.5 Å². The van der Waals surface area contributed by atoms with Crippen molar-refractivity contribution in [1.82, 2.24) is 10.2 Å². The zero-order valence-electron chi connectivity index (χ0n) is 12.1. The fourth-order valence-corrected chi connectivity index (χ4v) is 2.37. The van der Waals surface area contributed by atoms with Gasteiger partial charge in [-0.2, -0.15) is 0 Å². The summed E-state index contributed by atoms with van der Waals surface area (Å²) < 4.78 is 0. The summed E-state index contributed by atoms with van der Waals surface area (Å²) in [6.45, 7) is 14.1. The molecule has 0 amide bonds. The number of nitrogens with one attached hydrogen (secondary N) is 1. The Morgan fingerprint density at radius 1 is 1.38 bits per heavy atom. The molecule has 1 aliphatic heterocycles. The Bertz CT molecular complexity index is 221. The maximum atomic E-state index is 3.69. The summed E-state index contributed by atoms with van der Waals surface area (Å²) in [5.74, 6) is 0. The molecular weight excluding hydrogens is 196 g/mol. The van der Waals surface area contributed by atoms with Gasteiger partial charge in [-0.05, 0) is 52.1 Å². The minimum atomic E-state index is 0.315. The van der Waals surface area contributed by atoms with Crippen LogP contribution in [0.25, 0.3) is 0 Å². The first-order valence-electron chi connectivity index (χ1n) is 6.74. The Labute approximate surface area is 102 Å². The number of nitrogens with zero attached hydrogens (tertiary/aromatic N) is 1. The Balaban J connectivity index is 2.59. The number of hydrogen-bond donors (Lipinski definition) is 1. The van der Waals surface area contributed by atoms with Crippen molar-refractivity contribution in [1.29, 1.82) is 0 Å². The standard InChI is InChI=1S/C14H30N2/c1-7-14(4,5)16(6)11-12-13(2,3)9-8-10-15-12/h12,15H,7-11H2,1-6H3. The van der Waals surface area contributed by atoms with Gasteiger partial charge in [-0.25, -0.2) is 0 Å². The predicted octanol–water partition coefficient (Wildman–Crippen LogP) is 2.89. The molecule has 2 nitrogen and oxygen atoms in total. The zero-order chi connectivity index (χ0) is 12.4. The molecule has 0 aliphatic carbocycles. The van der Waals surface area contributed by atoms with Gasteiger partial charge in [0, 0.05) is 18.1 Å². The van der Waals surface area contributed by atoms with E-state index < -0.39 is 0 Å². The van der Waals surface area contributed by atoms with Crippen LogP contribution in [-0.4, -0.2) is 36.6 Å². The molecular formula is C14H30N2. The smallest absolute Gasteiger partial charge is 0.0246 e. The fourth-order valence-electron chi connectivity index (χ4n) is 2.37. The third kappa shape index (κ3) is 3.21. The van der Waals surface area contributed by atoms with Crippen LogP contribution >= 0.6 is 0 Å². The monoisotopic (exact) mass is 226 g/mol. The lowest BCUT2D eigenvalue weighted by Gasteiger charge is -2.45. The van der Waals surface area contributed by atoms with E-state index in [9.17, 15) is 0 Å². The van der Waals surface area contributed by atoms with Gasteiger partial charge in [-0.1, -0.05) is 20.8 Å². The zero-order valence-corrected chi connectivity index (χ0v) is 12.1. The Morgan fingerprint density at radius 3 is 2.50 bits per heavy atom. The highest BCUT2D eigenvalue weighted by atomic mass is 15.2. The summed E-state index contributed by atoms with van der Waals surface area (Å²) in [7, 11) is 2.26. The van der Waals surface area contributed by atoms with Crippen LogP contribution in [0.5, 0.6) is 0 Å². The lowest BCUT2D eigenvalue weighted by molar-refractivity contribution is 0.0824. The van der Waals surface area contributed by atoms with Gasteiger partial charge in [0.2, 0.25) is 0 Å². The third-order valence-electron chi connectivity index (χ3n) is 4.69. The van der Waals surface area contributed by atoms with E-state index in [2.05, 4.69) is 51.9 Å². The van der Waals surface area contributed by atoms with Crippen LogP contribution in [-0.2, 0) is 0 Å². The molecule has 1 atom stereocenters. The van der Waals surface area contributed by atoms with E-state index in [-0.39, 0.29) is 0 Å². The molecule has 1 aliphatic rings. The van der Waals surface area contributed by atoms with E-state index in [1.807, 2.05) is 0 Å². The second-order valence-corrected chi connectivity index (χ2v) is 6.65. The summed E-state index contributed by atoms with van der Waals surface area (Å²) in [4.78, 5) is 2.51. The van der Waals surface area contributed by atoms with Crippen molar-refractivity contribution in [3.05, 3.63) is 0 Å². The molecule has 0 radical (unpaired) electrons. The lowest BCUT2D eigenvalue weighted by atomic mass is 9.77. The molecule has 96 valence electrons. The Kier molecular flexibility index (Phi) is 4.42. The average Bonchev–Trinajstić information content (AvgIpc) is 2.21. The summed E-state index contributed by atoms with van der Waals surface area (Å²) in [6, 6.07) is 0.636. The maximum Gasteiger partial charge on any atom is 0.0246 e. The summed E-state index contributed by atoms with van der Waals surface area (Å²) in [5, 5.41) is 3.69. The molecule has 1 saturated heterocycles. The molecule has 0 aromatic carbocycles. The van der Waals surface area contributed by atoms with Crippen LogP contribution in [0.2, 0.25) is 0 Å². The minimum absolute atomic E-state index is 0.315. The van der Waals surface area contributed by atoms with Crippen LogP contribution in [0.15, 0.2) is 0 Å². The second kappa shape index (κ2) is 5.05. The molecule has 0 bridgehead atoms. The van der Waals surface area contributed by atoms with E-state index >= 15 is 0 Å². The molecule has 1 rings (SSSR count). The Morgan fingerprint density at radius 2 is 2.00 bits per heavy atom. The second-order valence-electron chi connectivity index (χ2n) is 6.65. The average molecular weight is 226 g/mol. The largest absolute Gasteiger partial charge is 0.312 e. The molecule has 2 heteroatoms. The molecule has 1 N–H and O–H groups in total. The molecule has 1 heterocycles. The highest BCUT2D eigenvalue weighted by molar-refractivity contribution is 4.92. The number of piperidine rings is 1. The SMILES string of the molecule is CCC(C)(C)N(C)CC1NCCCC1(C)C. The van der Waals surface area contributed by atoms with Crippen molar-refractivity contribution >= 4 is 0 Å². The van der Waals surface area contributed by atoms with Gasteiger partial charge in [0.15, 0.2) is 0 Å². The van der Waals surface area contributed by atoms with Crippen LogP contribution in [0, 0.1) is 5.41 Å². The minimum Gasteiger partial charge on any atom is -0.312 e. The highest BCUT2D eigenvalue weighted by Crippen LogP contribution is 2.31. The van der Waals surface area contributed by atoms with Gasteiger partial charge in [0.1, 0.15) is 0 Å². The van der Waals surface area contributed by atoms with E-state index in [1.165, 1.54) is 25.8 Å². The summed E-state index contributed by atoms with van der Waals surface area (Å²) in [5.41, 5.74) is 0.755. The lowest BCUT2D eigenvalue weighted by Crippen LogP contribution is -2.55. The first kappa shape index (κ1) is 14.0. The quantitative estimate of drug-likeness (QED) is 0.793. The first-order chi connectivity index (χ1) is 7.29. The number of likely N-dealkylation sites (N-methyl/N-ethyl adjacent to an activating group) is 1. The van der Waals surface area contributed by atoms with E-state index in [0.29, 0.717) is 17.0 Å². The molecule has 0 saturated carbocycles. The van der Waals surface area contributed by atoms with Crippen molar-refractivity contribution in [2.75, 3.05) is 20.1 Å². The van der Waals surface area contributed by atoms with Gasteiger partial charge in [-0.15, -0.1) is 0 Å². The van der Waals surface area contributed by atoms with Crippen LogP contribution in [0.4, 0.5) is 0 Å². The van der Waals surface area contributed by atoms with Crippen LogP contribution in [0.3, 0.4) is 0 Å². The number of hydrogen-bond acceptors (Lipinski definition) is 2. The van der Waals surface area contributed by atoms with E-state index in [4.69, 9.17) is 0 Å². The summed E-state index contributed by atoms with van der Waals surface area (Å²) in [6.07, 6.45) is 3.88. The van der Waals surface area contributed by atoms with Gasteiger partial charge >= 0.3 is 0 Å². The summed E-state index contributed by atoms with van der Waals surface area (Å²) >= 11 is 0. The number of rotatable bonds is 4. The predicted molar refractivity (Wildman–Crippen MR) is 71.8 cm³/mol. The van der Waals surface area contributed by atoms with Crippen LogP contribution in [0.1, 0.15) is 53.9 Å². The van der Waals surface area contributed by atoms with Crippen molar-refractivity contribution < 1.29 is 0 Å². The highest BCUT2D eigenvalue weighted by Gasteiger charge is 2.34. The van der Waals surface area contributed by atoms with Gasteiger partial charge in [0.05, 0.1) is 0 Å². The molecule has 1 unspecified atom stereocenters. The molecule has 0 aromatic heterocycles. The van der Waals surface area contributed by atoms with Crippen molar-refractivity contribution in [2.24, 2.45) is 5.41 Å². The first-order valence-corrected chi connectivity index (χ1v) is 6.74. The third-order valence-corrected chi connectivity index (χ3v) is 4.69. The normalized spacial score (nSPS) is 26.1. The van der Waals surface area contributed by atoms with Gasteiger partial charge in [-0.3, -0.25) is 4.90 Å². The topological polar surface area (TPSA) is 15.3 Å². The molecule has 16 heavy (non-hydrogen) atoms. The molecule has 0 aromatic rings.